The second kappa shape index (κ2) is 6.91. The Morgan fingerprint density at radius 1 is 1.52 bits per heavy atom. The van der Waals surface area contributed by atoms with Crippen LogP contribution < -0.4 is 4.74 Å². The number of Topliss-reactive ketones (excluding diaryl/α,β-unsaturated/α-hetero) is 1. The second-order valence-electron chi connectivity index (χ2n) is 5.49. The molecule has 2 atom stereocenters. The van der Waals surface area contributed by atoms with Gasteiger partial charge in [0.2, 0.25) is 0 Å². The molecule has 1 aromatic rings. The van der Waals surface area contributed by atoms with Gasteiger partial charge in [0.15, 0.2) is 17.3 Å². The fourth-order valence-electron chi connectivity index (χ4n) is 2.83. The minimum atomic E-state index is -0.341. The van der Waals surface area contributed by atoms with Gasteiger partial charge >= 0.3 is 0 Å². The SMILES string of the molecule is CCCC(C(=O)c1ccc(O)c(OC)c1)N1CCC(O)C1. The highest BCUT2D eigenvalue weighted by Gasteiger charge is 2.31. The quantitative estimate of drug-likeness (QED) is 0.783. The number of methoxy groups -OCH3 is 1. The lowest BCUT2D eigenvalue weighted by molar-refractivity contribution is 0.0813. The topological polar surface area (TPSA) is 70.0 Å². The Hall–Kier alpha value is -1.59. The molecule has 116 valence electrons. The van der Waals surface area contributed by atoms with Crippen LogP contribution in [0.3, 0.4) is 0 Å². The van der Waals surface area contributed by atoms with Crippen molar-refractivity contribution in [2.45, 2.75) is 38.3 Å². The summed E-state index contributed by atoms with van der Waals surface area (Å²) in [5, 5.41) is 19.3. The number of rotatable bonds is 6. The van der Waals surface area contributed by atoms with Gasteiger partial charge in [-0.25, -0.2) is 0 Å². The van der Waals surface area contributed by atoms with Crippen molar-refractivity contribution in [3.63, 3.8) is 0 Å². The first-order valence-electron chi connectivity index (χ1n) is 7.40. The maximum absolute atomic E-state index is 12.7. The molecule has 1 fully saturated rings. The number of carbonyl (C=O) groups is 1. The average Bonchev–Trinajstić information content (AvgIpc) is 2.91. The number of likely N-dealkylation sites (tertiary alicyclic amines) is 1. The minimum Gasteiger partial charge on any atom is -0.504 e. The maximum atomic E-state index is 12.7. The summed E-state index contributed by atoms with van der Waals surface area (Å²) >= 11 is 0. The van der Waals surface area contributed by atoms with E-state index in [-0.39, 0.29) is 23.7 Å². The van der Waals surface area contributed by atoms with E-state index >= 15 is 0 Å². The first-order chi connectivity index (χ1) is 10.1. The number of aliphatic hydroxyl groups excluding tert-OH is 1. The summed E-state index contributed by atoms with van der Waals surface area (Å²) < 4.78 is 5.06. The third-order valence-electron chi connectivity index (χ3n) is 3.96. The van der Waals surface area contributed by atoms with Crippen LogP contribution >= 0.6 is 0 Å². The molecule has 1 aliphatic heterocycles. The minimum absolute atomic E-state index is 0.0178. The molecule has 0 saturated carbocycles. The highest BCUT2D eigenvalue weighted by atomic mass is 16.5. The van der Waals surface area contributed by atoms with Crippen LogP contribution in [0.25, 0.3) is 0 Å². The lowest BCUT2D eigenvalue weighted by Gasteiger charge is -2.26. The molecule has 2 N–H and O–H groups in total. The predicted molar refractivity (Wildman–Crippen MR) is 79.9 cm³/mol. The van der Waals surface area contributed by atoms with E-state index in [0.717, 1.165) is 19.4 Å². The maximum Gasteiger partial charge on any atom is 0.180 e. The summed E-state index contributed by atoms with van der Waals surface area (Å²) in [6.45, 7) is 3.34. The van der Waals surface area contributed by atoms with Crippen LogP contribution in [0.1, 0.15) is 36.5 Å². The van der Waals surface area contributed by atoms with Crippen LogP contribution in [-0.2, 0) is 0 Å². The zero-order valence-electron chi connectivity index (χ0n) is 12.6. The molecule has 1 aliphatic rings. The molecule has 1 heterocycles. The van der Waals surface area contributed by atoms with E-state index in [4.69, 9.17) is 4.74 Å². The molecular formula is C16H23NO4. The molecule has 0 radical (unpaired) electrons. The third-order valence-corrected chi connectivity index (χ3v) is 3.96. The summed E-state index contributed by atoms with van der Waals surface area (Å²) in [5.74, 6) is 0.347. The lowest BCUT2D eigenvalue weighted by atomic mass is 9.99. The van der Waals surface area contributed by atoms with Crippen LogP contribution in [0.2, 0.25) is 0 Å². The van der Waals surface area contributed by atoms with E-state index in [2.05, 4.69) is 4.90 Å². The van der Waals surface area contributed by atoms with E-state index in [1.807, 2.05) is 6.92 Å². The number of benzene rings is 1. The van der Waals surface area contributed by atoms with E-state index in [0.29, 0.717) is 24.3 Å². The Labute approximate surface area is 125 Å². The number of ether oxygens (including phenoxy) is 1. The summed E-state index contributed by atoms with van der Waals surface area (Å²) in [7, 11) is 1.46. The number of carbonyl (C=O) groups excluding carboxylic acids is 1. The Morgan fingerprint density at radius 3 is 2.86 bits per heavy atom. The molecule has 1 aromatic carbocycles. The molecule has 5 heteroatoms. The number of phenols is 1. The van der Waals surface area contributed by atoms with Crippen molar-refractivity contribution in [1.82, 2.24) is 4.90 Å². The van der Waals surface area contributed by atoms with Crippen molar-refractivity contribution in [1.29, 1.82) is 0 Å². The molecule has 0 aliphatic carbocycles. The fourth-order valence-corrected chi connectivity index (χ4v) is 2.83. The van der Waals surface area contributed by atoms with Crippen LogP contribution in [0, 0.1) is 0 Å². The Balaban J connectivity index is 2.21. The molecule has 0 amide bonds. The van der Waals surface area contributed by atoms with Crippen LogP contribution in [-0.4, -0.2) is 53.2 Å². The zero-order valence-corrected chi connectivity index (χ0v) is 12.6. The largest absolute Gasteiger partial charge is 0.504 e. The van der Waals surface area contributed by atoms with Crippen molar-refractivity contribution in [3.05, 3.63) is 23.8 Å². The average molecular weight is 293 g/mol. The Bertz CT molecular complexity index is 503. The summed E-state index contributed by atoms with van der Waals surface area (Å²) in [6.07, 6.45) is 2.03. The number of ketones is 1. The van der Waals surface area contributed by atoms with Gasteiger partial charge in [0, 0.05) is 18.7 Å². The third kappa shape index (κ3) is 3.54. The number of β-amino-alcohol motifs (C(OH)–C–C–N with tert-alkyl or cyclic N) is 1. The molecule has 0 spiro atoms. The molecule has 21 heavy (non-hydrogen) atoms. The Kier molecular flexibility index (Phi) is 5.20. The van der Waals surface area contributed by atoms with Crippen molar-refractivity contribution in [3.8, 4) is 11.5 Å². The highest BCUT2D eigenvalue weighted by Crippen LogP contribution is 2.28. The van der Waals surface area contributed by atoms with Gasteiger partial charge in [-0.3, -0.25) is 9.69 Å². The molecular weight excluding hydrogens is 270 g/mol. The van der Waals surface area contributed by atoms with Gasteiger partial charge in [-0.2, -0.15) is 0 Å². The highest BCUT2D eigenvalue weighted by molar-refractivity contribution is 6.00. The van der Waals surface area contributed by atoms with E-state index in [1.54, 1.807) is 12.1 Å². The van der Waals surface area contributed by atoms with Gasteiger partial charge in [0.05, 0.1) is 19.3 Å². The number of hydrogen-bond donors (Lipinski definition) is 2. The van der Waals surface area contributed by atoms with Gasteiger partial charge in [-0.15, -0.1) is 0 Å². The van der Waals surface area contributed by atoms with Crippen molar-refractivity contribution in [2.75, 3.05) is 20.2 Å². The van der Waals surface area contributed by atoms with Crippen LogP contribution in [0.4, 0.5) is 0 Å². The van der Waals surface area contributed by atoms with E-state index in [9.17, 15) is 15.0 Å². The number of hydrogen-bond acceptors (Lipinski definition) is 5. The normalized spacial score (nSPS) is 20.4. The van der Waals surface area contributed by atoms with E-state index in [1.165, 1.54) is 13.2 Å². The standard InChI is InChI=1S/C16H23NO4/c1-3-4-13(17-8-7-12(18)10-17)16(20)11-5-6-14(19)15(9-11)21-2/h5-6,9,12-13,18-19H,3-4,7-8,10H2,1-2H3. The monoisotopic (exact) mass is 293 g/mol. The zero-order chi connectivity index (χ0) is 15.4. The van der Waals surface area contributed by atoms with Crippen LogP contribution in [0.5, 0.6) is 11.5 Å². The molecule has 2 rings (SSSR count). The second-order valence-corrected chi connectivity index (χ2v) is 5.49. The van der Waals surface area contributed by atoms with Gasteiger partial charge in [0.1, 0.15) is 0 Å². The molecule has 0 bridgehead atoms. The predicted octanol–water partition coefficient (Wildman–Crippen LogP) is 1.82. The van der Waals surface area contributed by atoms with Crippen molar-refractivity contribution in [2.24, 2.45) is 0 Å². The summed E-state index contributed by atoms with van der Waals surface area (Å²) in [5.41, 5.74) is 0.532. The number of nitrogens with zero attached hydrogens (tertiary/aromatic N) is 1. The fraction of sp³-hybridized carbons (Fsp3) is 0.562. The van der Waals surface area contributed by atoms with Gasteiger partial charge in [-0.1, -0.05) is 13.3 Å². The summed E-state index contributed by atoms with van der Waals surface area (Å²) in [6, 6.07) is 4.46. The molecule has 2 unspecified atom stereocenters. The molecule has 5 nitrogen and oxygen atoms in total. The molecule has 1 saturated heterocycles. The summed E-state index contributed by atoms with van der Waals surface area (Å²) in [4.78, 5) is 14.8. The lowest BCUT2D eigenvalue weighted by Crippen LogP contribution is -2.40. The number of aliphatic hydroxyl groups is 1. The van der Waals surface area contributed by atoms with Crippen molar-refractivity contribution >= 4 is 5.78 Å². The van der Waals surface area contributed by atoms with Crippen molar-refractivity contribution < 1.29 is 19.7 Å². The van der Waals surface area contributed by atoms with Gasteiger partial charge in [-0.05, 0) is 31.0 Å². The number of aromatic hydroxyl groups is 1. The molecule has 0 aromatic heterocycles. The smallest absolute Gasteiger partial charge is 0.180 e. The number of phenolic OH excluding ortho intramolecular Hbond substituents is 1. The Morgan fingerprint density at radius 2 is 2.29 bits per heavy atom. The van der Waals surface area contributed by atoms with E-state index < -0.39 is 0 Å². The first-order valence-corrected chi connectivity index (χ1v) is 7.40. The first kappa shape index (κ1) is 15.8. The van der Waals surface area contributed by atoms with Gasteiger partial charge in [0.25, 0.3) is 0 Å². The van der Waals surface area contributed by atoms with Gasteiger partial charge < -0.3 is 14.9 Å². The van der Waals surface area contributed by atoms with Crippen LogP contribution in [0.15, 0.2) is 18.2 Å².